The topological polar surface area (TPSA) is 73.9 Å². The van der Waals surface area contributed by atoms with Gasteiger partial charge in [-0.3, -0.25) is 0 Å². The third-order valence-electron chi connectivity index (χ3n) is 5.09. The summed E-state index contributed by atoms with van der Waals surface area (Å²) in [6.07, 6.45) is 1.42. The summed E-state index contributed by atoms with van der Waals surface area (Å²) in [7, 11) is -0.633. The molecule has 0 unspecified atom stereocenters. The molecule has 0 atom stereocenters. The van der Waals surface area contributed by atoms with Gasteiger partial charge in [-0.25, -0.2) is 13.1 Å². The third kappa shape index (κ3) is 4.10. The second-order valence-corrected chi connectivity index (χ2v) is 8.30. The number of ether oxygens (including phenoxy) is 3. The molecule has 1 N–H and O–H groups in total. The summed E-state index contributed by atoms with van der Waals surface area (Å²) in [6, 6.07) is 14.4. The number of benzene rings is 2. The van der Waals surface area contributed by atoms with E-state index in [0.717, 1.165) is 11.3 Å². The van der Waals surface area contributed by atoms with Crippen molar-refractivity contribution in [3.63, 3.8) is 0 Å². The van der Waals surface area contributed by atoms with E-state index >= 15 is 0 Å². The van der Waals surface area contributed by atoms with Gasteiger partial charge < -0.3 is 14.2 Å². The van der Waals surface area contributed by atoms with Crippen LogP contribution in [0.3, 0.4) is 0 Å². The van der Waals surface area contributed by atoms with Crippen LogP contribution in [0.1, 0.15) is 18.4 Å². The zero-order valence-electron chi connectivity index (χ0n) is 15.6. The number of nitrogens with one attached hydrogen (secondary N) is 1. The van der Waals surface area contributed by atoms with Crippen LogP contribution in [0.25, 0.3) is 0 Å². The number of sulfonamides is 1. The highest BCUT2D eigenvalue weighted by atomic mass is 32.2. The van der Waals surface area contributed by atoms with Crippen molar-refractivity contribution in [3.8, 4) is 11.5 Å². The van der Waals surface area contributed by atoms with Crippen molar-refractivity contribution in [2.45, 2.75) is 23.2 Å². The van der Waals surface area contributed by atoms with Crippen molar-refractivity contribution in [1.29, 1.82) is 0 Å². The Labute approximate surface area is 160 Å². The molecular formula is C20H25NO5S. The molecule has 1 aliphatic heterocycles. The van der Waals surface area contributed by atoms with Crippen molar-refractivity contribution < 1.29 is 22.6 Å². The van der Waals surface area contributed by atoms with Crippen LogP contribution < -0.4 is 14.2 Å². The van der Waals surface area contributed by atoms with Gasteiger partial charge >= 0.3 is 0 Å². The molecular weight excluding hydrogens is 366 g/mol. The Morgan fingerprint density at radius 2 is 1.56 bits per heavy atom. The maximum absolute atomic E-state index is 12.9. The SMILES string of the molecule is COc1ccccc1C1(CNS(=O)(=O)c2ccccc2OC)CCOCC1. The number of hydrogen-bond acceptors (Lipinski definition) is 5. The van der Waals surface area contributed by atoms with E-state index in [2.05, 4.69) is 4.72 Å². The zero-order valence-corrected chi connectivity index (χ0v) is 16.4. The first-order valence-corrected chi connectivity index (χ1v) is 10.3. The molecule has 1 fully saturated rings. The smallest absolute Gasteiger partial charge is 0.244 e. The minimum atomic E-state index is -3.72. The Morgan fingerprint density at radius 3 is 2.22 bits per heavy atom. The average Bonchev–Trinajstić information content (AvgIpc) is 2.73. The maximum atomic E-state index is 12.9. The normalized spacial score (nSPS) is 16.7. The number of hydrogen-bond donors (Lipinski definition) is 1. The Morgan fingerprint density at radius 1 is 0.963 bits per heavy atom. The Hall–Kier alpha value is -2.09. The van der Waals surface area contributed by atoms with Crippen LogP contribution in [0.5, 0.6) is 11.5 Å². The summed E-state index contributed by atoms with van der Waals surface area (Å²) in [5, 5.41) is 0. The summed E-state index contributed by atoms with van der Waals surface area (Å²) in [6.45, 7) is 1.42. The minimum absolute atomic E-state index is 0.134. The summed E-state index contributed by atoms with van der Waals surface area (Å²) >= 11 is 0. The average molecular weight is 391 g/mol. The quantitative estimate of drug-likeness (QED) is 0.786. The first kappa shape index (κ1) is 19.7. The maximum Gasteiger partial charge on any atom is 0.244 e. The van der Waals surface area contributed by atoms with Crippen molar-refractivity contribution in [1.82, 2.24) is 4.72 Å². The van der Waals surface area contributed by atoms with Crippen LogP contribution in [-0.4, -0.2) is 42.4 Å². The third-order valence-corrected chi connectivity index (χ3v) is 6.53. The lowest BCUT2D eigenvalue weighted by molar-refractivity contribution is 0.0509. The molecule has 1 heterocycles. The second kappa shape index (κ2) is 8.29. The van der Waals surface area contributed by atoms with E-state index in [1.807, 2.05) is 24.3 Å². The van der Waals surface area contributed by atoms with Gasteiger partial charge in [-0.05, 0) is 31.0 Å². The van der Waals surface area contributed by atoms with Crippen molar-refractivity contribution in [2.24, 2.45) is 0 Å². The van der Waals surface area contributed by atoms with Gasteiger partial charge in [0.25, 0.3) is 0 Å². The van der Waals surface area contributed by atoms with Gasteiger partial charge in [-0.15, -0.1) is 0 Å². The molecule has 146 valence electrons. The Balaban J connectivity index is 1.92. The molecule has 0 aliphatic carbocycles. The molecule has 2 aromatic carbocycles. The van der Waals surface area contributed by atoms with Gasteiger partial charge in [-0.1, -0.05) is 30.3 Å². The molecule has 0 bridgehead atoms. The molecule has 2 aromatic rings. The summed E-state index contributed by atoms with van der Waals surface area (Å²) in [4.78, 5) is 0.134. The molecule has 0 spiro atoms. The van der Waals surface area contributed by atoms with Crippen LogP contribution in [-0.2, 0) is 20.2 Å². The highest BCUT2D eigenvalue weighted by molar-refractivity contribution is 7.89. The summed E-state index contributed by atoms with van der Waals surface area (Å²) in [5.74, 6) is 1.08. The summed E-state index contributed by atoms with van der Waals surface area (Å²) < 4.78 is 44.9. The number of methoxy groups -OCH3 is 2. The minimum Gasteiger partial charge on any atom is -0.496 e. The monoisotopic (exact) mass is 391 g/mol. The second-order valence-electron chi connectivity index (χ2n) is 6.57. The Kier molecular flexibility index (Phi) is 6.04. The van der Waals surface area contributed by atoms with E-state index in [9.17, 15) is 8.42 Å². The Bertz CT molecular complexity index is 875. The standard InChI is InChI=1S/C20H25NO5S/c1-24-17-8-4-3-7-16(17)20(11-13-26-14-12-20)15-21-27(22,23)19-10-6-5-9-18(19)25-2/h3-10,21H,11-15H2,1-2H3. The van der Waals surface area contributed by atoms with E-state index < -0.39 is 10.0 Å². The molecule has 0 amide bonds. The van der Waals surface area contributed by atoms with Gasteiger partial charge in [0.05, 0.1) is 14.2 Å². The van der Waals surface area contributed by atoms with Crippen molar-refractivity contribution in [2.75, 3.05) is 34.0 Å². The molecule has 6 nitrogen and oxygen atoms in total. The van der Waals surface area contributed by atoms with Crippen LogP contribution in [0.2, 0.25) is 0 Å². The van der Waals surface area contributed by atoms with Crippen molar-refractivity contribution >= 4 is 10.0 Å². The highest BCUT2D eigenvalue weighted by Gasteiger charge is 2.38. The first-order valence-electron chi connectivity index (χ1n) is 8.86. The largest absolute Gasteiger partial charge is 0.496 e. The molecule has 0 aromatic heterocycles. The number of para-hydroxylation sites is 2. The molecule has 0 radical (unpaired) electrons. The lowest BCUT2D eigenvalue weighted by atomic mass is 9.74. The fraction of sp³-hybridized carbons (Fsp3) is 0.400. The molecule has 0 saturated carbocycles. The van der Waals surface area contributed by atoms with Gasteiger partial charge in [0.2, 0.25) is 10.0 Å². The highest BCUT2D eigenvalue weighted by Crippen LogP contribution is 2.39. The van der Waals surface area contributed by atoms with E-state index in [-0.39, 0.29) is 16.9 Å². The van der Waals surface area contributed by atoms with Crippen LogP contribution in [0.4, 0.5) is 0 Å². The first-order chi connectivity index (χ1) is 13.0. The zero-order chi connectivity index (χ0) is 19.3. The molecule has 1 aliphatic rings. The van der Waals surface area contributed by atoms with E-state index in [1.54, 1.807) is 31.4 Å². The van der Waals surface area contributed by atoms with Crippen molar-refractivity contribution in [3.05, 3.63) is 54.1 Å². The fourth-order valence-corrected chi connectivity index (χ4v) is 4.83. The van der Waals surface area contributed by atoms with E-state index in [1.165, 1.54) is 7.11 Å². The lowest BCUT2D eigenvalue weighted by Crippen LogP contribution is -2.44. The predicted molar refractivity (Wildman–Crippen MR) is 103 cm³/mol. The summed E-state index contributed by atoms with van der Waals surface area (Å²) in [5.41, 5.74) is 0.610. The van der Waals surface area contributed by atoms with Crippen LogP contribution >= 0.6 is 0 Å². The van der Waals surface area contributed by atoms with Gasteiger partial charge in [0, 0.05) is 30.7 Å². The molecule has 1 saturated heterocycles. The molecule has 3 rings (SSSR count). The number of rotatable bonds is 7. The van der Waals surface area contributed by atoms with Crippen LogP contribution in [0.15, 0.2) is 53.4 Å². The fourth-order valence-electron chi connectivity index (χ4n) is 3.54. The van der Waals surface area contributed by atoms with Gasteiger partial charge in [0.15, 0.2) is 0 Å². The lowest BCUT2D eigenvalue weighted by Gasteiger charge is -2.38. The van der Waals surface area contributed by atoms with Gasteiger partial charge in [0.1, 0.15) is 16.4 Å². The van der Waals surface area contributed by atoms with E-state index in [0.29, 0.717) is 31.8 Å². The predicted octanol–water partition coefficient (Wildman–Crippen LogP) is 2.73. The molecule has 7 heteroatoms. The molecule has 27 heavy (non-hydrogen) atoms. The van der Waals surface area contributed by atoms with Gasteiger partial charge in [-0.2, -0.15) is 0 Å². The van der Waals surface area contributed by atoms with E-state index in [4.69, 9.17) is 14.2 Å². The van der Waals surface area contributed by atoms with Crippen LogP contribution in [0, 0.1) is 0 Å².